The number of aromatic amines is 1. The standard InChI is InChI=1S/C28H24F3N5O7S3/c1-42-18-7-11-20(12-8-18)45(38,39)35(16-25-33-27(37)44-34-25)26-23-6-4-3-5-22(23)24(15-32-26)36(17-28(29,30)31)46(40,41)21-13-9-19(43-2)10-14-21/h3-15H,16-17H2,1-2H3,(H,33,34,37). The molecule has 0 fully saturated rings. The summed E-state index contributed by atoms with van der Waals surface area (Å²) >= 11 is 0.564. The molecule has 12 nitrogen and oxygen atoms in total. The molecule has 0 amide bonds. The van der Waals surface area contributed by atoms with Crippen LogP contribution in [-0.4, -0.2) is 58.1 Å². The molecule has 0 bridgehead atoms. The Kier molecular flexibility index (Phi) is 8.96. The van der Waals surface area contributed by atoms with E-state index < -0.39 is 54.8 Å². The van der Waals surface area contributed by atoms with Gasteiger partial charge in [0.2, 0.25) is 0 Å². The Labute approximate surface area is 264 Å². The van der Waals surface area contributed by atoms with E-state index in [1.54, 1.807) is 0 Å². The number of aromatic nitrogens is 3. The molecular weight excluding hydrogens is 672 g/mol. The van der Waals surface area contributed by atoms with E-state index in [1.165, 1.54) is 74.9 Å². The molecule has 3 aromatic carbocycles. The van der Waals surface area contributed by atoms with Crippen LogP contribution in [0, 0.1) is 0 Å². The predicted octanol–water partition coefficient (Wildman–Crippen LogP) is 4.55. The molecule has 0 saturated carbocycles. The minimum Gasteiger partial charge on any atom is -0.497 e. The lowest BCUT2D eigenvalue weighted by molar-refractivity contribution is -0.117. The van der Waals surface area contributed by atoms with Gasteiger partial charge >= 0.3 is 11.0 Å². The molecule has 0 radical (unpaired) electrons. The van der Waals surface area contributed by atoms with Crippen LogP contribution in [0.2, 0.25) is 0 Å². The van der Waals surface area contributed by atoms with Gasteiger partial charge in [0.05, 0.1) is 42.4 Å². The number of benzene rings is 3. The maximum Gasteiger partial charge on any atom is 0.407 e. The highest BCUT2D eigenvalue weighted by atomic mass is 32.2. The molecule has 1 N–H and O–H groups in total. The molecule has 2 heterocycles. The minimum atomic E-state index is -4.97. The lowest BCUT2D eigenvalue weighted by atomic mass is 10.1. The zero-order valence-electron chi connectivity index (χ0n) is 23.9. The van der Waals surface area contributed by atoms with Crippen molar-refractivity contribution in [1.82, 2.24) is 14.3 Å². The van der Waals surface area contributed by atoms with E-state index in [0.717, 1.165) is 22.6 Å². The number of fused-ring (bicyclic) bond motifs is 1. The first-order valence-electron chi connectivity index (χ1n) is 13.1. The monoisotopic (exact) mass is 695 g/mol. The highest BCUT2D eigenvalue weighted by Crippen LogP contribution is 2.38. The molecule has 2 aromatic heterocycles. The number of hydrogen-bond acceptors (Lipinski definition) is 10. The maximum atomic E-state index is 14.1. The quantitative estimate of drug-likeness (QED) is 0.210. The fourth-order valence-corrected chi connectivity index (χ4v) is 7.83. The number of nitrogens with one attached hydrogen (secondary N) is 1. The second-order valence-corrected chi connectivity index (χ2v) is 14.0. The summed E-state index contributed by atoms with van der Waals surface area (Å²) in [5.74, 6) is 0.392. The average molecular weight is 696 g/mol. The number of halogens is 3. The summed E-state index contributed by atoms with van der Waals surface area (Å²) in [5, 5.41) is -0.0395. The fourth-order valence-electron chi connectivity index (χ4n) is 4.51. The zero-order valence-corrected chi connectivity index (χ0v) is 26.4. The summed E-state index contributed by atoms with van der Waals surface area (Å²) in [7, 11) is -6.54. The highest BCUT2D eigenvalue weighted by Gasteiger charge is 2.39. The second kappa shape index (κ2) is 12.6. The second-order valence-electron chi connectivity index (χ2n) is 9.54. The Bertz CT molecular complexity index is 2140. The molecule has 0 aliphatic rings. The lowest BCUT2D eigenvalue weighted by Gasteiger charge is -2.28. The van der Waals surface area contributed by atoms with E-state index in [1.807, 2.05) is 0 Å². The Morgan fingerprint density at radius 2 is 1.33 bits per heavy atom. The molecule has 5 aromatic rings. The molecule has 0 spiro atoms. The van der Waals surface area contributed by atoms with Crippen molar-refractivity contribution in [1.29, 1.82) is 0 Å². The Morgan fingerprint density at radius 1 is 0.804 bits per heavy atom. The maximum absolute atomic E-state index is 14.1. The summed E-state index contributed by atoms with van der Waals surface area (Å²) < 4.78 is 112. The Balaban J connectivity index is 1.71. The van der Waals surface area contributed by atoms with Crippen LogP contribution in [0.5, 0.6) is 11.5 Å². The molecule has 18 heteroatoms. The topological polar surface area (TPSA) is 152 Å². The van der Waals surface area contributed by atoms with Crippen LogP contribution in [0.3, 0.4) is 0 Å². The van der Waals surface area contributed by atoms with Crippen molar-refractivity contribution in [3.05, 3.63) is 94.5 Å². The first-order valence-corrected chi connectivity index (χ1v) is 16.7. The van der Waals surface area contributed by atoms with Gasteiger partial charge in [-0.15, -0.1) is 0 Å². The van der Waals surface area contributed by atoms with E-state index in [0.29, 0.717) is 17.3 Å². The summed E-state index contributed by atoms with van der Waals surface area (Å²) in [6, 6.07) is 15.9. The van der Waals surface area contributed by atoms with Gasteiger partial charge in [0.25, 0.3) is 20.0 Å². The molecule has 5 rings (SSSR count). The van der Waals surface area contributed by atoms with Crippen LogP contribution in [0.25, 0.3) is 10.8 Å². The number of alkyl halides is 3. The number of hydrogen-bond donors (Lipinski definition) is 1. The average Bonchev–Trinajstić information content (AvgIpc) is 3.46. The van der Waals surface area contributed by atoms with Crippen molar-refractivity contribution in [3.63, 3.8) is 0 Å². The summed E-state index contributed by atoms with van der Waals surface area (Å²) in [6.45, 7) is -2.42. The van der Waals surface area contributed by atoms with E-state index in [-0.39, 0.29) is 37.4 Å². The number of pyridine rings is 1. The molecule has 242 valence electrons. The number of methoxy groups -OCH3 is 2. The van der Waals surface area contributed by atoms with Gasteiger partial charge in [0, 0.05) is 22.3 Å². The van der Waals surface area contributed by atoms with Crippen LogP contribution < -0.4 is 23.0 Å². The van der Waals surface area contributed by atoms with Gasteiger partial charge in [-0.25, -0.2) is 26.1 Å². The zero-order chi connectivity index (χ0) is 33.3. The Hall–Kier alpha value is -4.68. The van der Waals surface area contributed by atoms with E-state index in [9.17, 15) is 34.8 Å². The lowest BCUT2D eigenvalue weighted by Crippen LogP contribution is -2.39. The van der Waals surface area contributed by atoms with Crippen molar-refractivity contribution in [2.24, 2.45) is 0 Å². The van der Waals surface area contributed by atoms with Gasteiger partial charge in [-0.1, -0.05) is 24.3 Å². The third kappa shape index (κ3) is 6.63. The largest absolute Gasteiger partial charge is 0.497 e. The van der Waals surface area contributed by atoms with Crippen molar-refractivity contribution < 1.29 is 39.5 Å². The van der Waals surface area contributed by atoms with Crippen molar-refractivity contribution >= 4 is 53.9 Å². The normalized spacial score (nSPS) is 12.2. The number of anilines is 2. The van der Waals surface area contributed by atoms with Gasteiger partial charge in [-0.2, -0.15) is 17.5 Å². The number of ether oxygens (including phenoxy) is 2. The van der Waals surface area contributed by atoms with Crippen LogP contribution in [0.1, 0.15) is 5.82 Å². The first kappa shape index (κ1) is 32.7. The van der Waals surface area contributed by atoms with E-state index >= 15 is 0 Å². The third-order valence-electron chi connectivity index (χ3n) is 6.65. The van der Waals surface area contributed by atoms with Crippen LogP contribution in [0.4, 0.5) is 24.7 Å². The van der Waals surface area contributed by atoms with Crippen LogP contribution in [-0.2, 0) is 26.6 Å². The molecular formula is C28H24F3N5O7S3. The molecule has 0 aliphatic carbocycles. The van der Waals surface area contributed by atoms with Crippen molar-refractivity contribution in [3.8, 4) is 11.5 Å². The molecule has 0 saturated heterocycles. The van der Waals surface area contributed by atoms with E-state index in [4.69, 9.17) is 9.47 Å². The summed E-state index contributed by atoms with van der Waals surface area (Å²) in [5.41, 5.74) is -0.448. The van der Waals surface area contributed by atoms with E-state index in [2.05, 4.69) is 14.3 Å². The van der Waals surface area contributed by atoms with Gasteiger partial charge < -0.3 is 9.47 Å². The van der Waals surface area contributed by atoms with Gasteiger partial charge in [0.15, 0.2) is 5.82 Å². The molecule has 46 heavy (non-hydrogen) atoms. The van der Waals surface area contributed by atoms with Crippen molar-refractivity contribution in [2.45, 2.75) is 22.5 Å². The Morgan fingerprint density at radius 3 is 1.80 bits per heavy atom. The highest BCUT2D eigenvalue weighted by molar-refractivity contribution is 7.93. The molecule has 0 atom stereocenters. The predicted molar refractivity (Wildman–Crippen MR) is 164 cm³/mol. The smallest absolute Gasteiger partial charge is 0.407 e. The SMILES string of the molecule is COc1ccc(S(=O)(=O)N(CC(F)(F)F)c2cnc(N(Cc3nsc(=O)[nH]3)S(=O)(=O)c3ccc(OC)cc3)c3ccccc23)cc1. The van der Waals surface area contributed by atoms with Gasteiger partial charge in [-0.05, 0) is 48.5 Å². The van der Waals surface area contributed by atoms with Gasteiger partial charge in [-0.3, -0.25) is 14.1 Å². The summed E-state index contributed by atoms with van der Waals surface area (Å²) in [4.78, 5) is 17.3. The molecule has 0 aliphatic heterocycles. The van der Waals surface area contributed by atoms with Crippen LogP contribution >= 0.6 is 11.5 Å². The minimum absolute atomic E-state index is 0.00627. The van der Waals surface area contributed by atoms with Crippen LogP contribution in [0.15, 0.2) is 93.6 Å². The number of nitrogens with zero attached hydrogens (tertiary/aromatic N) is 4. The molecule has 0 unspecified atom stereocenters. The van der Waals surface area contributed by atoms with Gasteiger partial charge in [0.1, 0.15) is 23.9 Å². The first-order chi connectivity index (χ1) is 21.7. The number of rotatable bonds is 11. The summed E-state index contributed by atoms with van der Waals surface area (Å²) in [6.07, 6.45) is -4.11. The third-order valence-corrected chi connectivity index (χ3v) is 10.8. The number of H-pyrrole nitrogens is 1. The number of sulfonamides is 2. The fraction of sp³-hybridized carbons (Fsp3) is 0.179. The van der Waals surface area contributed by atoms with Crippen molar-refractivity contribution in [2.75, 3.05) is 29.4 Å².